The Kier molecular flexibility index (Phi) is 4.60. The van der Waals surface area contributed by atoms with Crippen LogP contribution in [0.2, 0.25) is 0 Å². The third kappa shape index (κ3) is 2.91. The first-order valence-corrected chi connectivity index (χ1v) is 9.75. The first-order valence-electron chi connectivity index (χ1n) is 8.26. The number of imidazole rings is 1. The zero-order chi connectivity index (χ0) is 19.9. The van der Waals surface area contributed by atoms with Gasteiger partial charge in [-0.25, -0.2) is 18.8 Å². The molecular weight excluding hydrogens is 370 g/mol. The molecule has 2 heterocycles. The smallest absolute Gasteiger partial charge is 0.290 e. The Labute approximate surface area is 156 Å². The maximum Gasteiger partial charge on any atom is 0.290 e. The standard InChI is InChI=1S/C17H19N5O4S/c1-5-21-13-8-6-7-9-14(13)27(25,26)15(16(21)24)19-20-17-18-10(2)11(3)22(17)12(4)23/h6-9H,5H2,1-4H3,(H,18,20). The van der Waals surface area contributed by atoms with Gasteiger partial charge in [-0.15, -0.1) is 0 Å². The summed E-state index contributed by atoms with van der Waals surface area (Å²) in [5.74, 6) is -0.998. The molecule has 10 heteroatoms. The maximum atomic E-state index is 12.9. The van der Waals surface area contributed by atoms with Gasteiger partial charge < -0.3 is 4.90 Å². The van der Waals surface area contributed by atoms with Crippen molar-refractivity contribution in [3.05, 3.63) is 35.7 Å². The minimum Gasteiger partial charge on any atom is -0.305 e. The number of nitrogens with one attached hydrogen (secondary N) is 1. The fourth-order valence-electron chi connectivity index (χ4n) is 2.94. The van der Waals surface area contributed by atoms with E-state index in [1.165, 1.54) is 22.5 Å². The number of para-hydroxylation sites is 1. The van der Waals surface area contributed by atoms with Crippen LogP contribution in [0, 0.1) is 13.8 Å². The Bertz CT molecular complexity index is 1080. The van der Waals surface area contributed by atoms with Crippen molar-refractivity contribution in [3.8, 4) is 0 Å². The summed E-state index contributed by atoms with van der Waals surface area (Å²) in [4.78, 5) is 30.1. The molecule has 142 valence electrons. The van der Waals surface area contributed by atoms with Crippen LogP contribution in [0.15, 0.2) is 34.3 Å². The van der Waals surface area contributed by atoms with Crippen molar-refractivity contribution < 1.29 is 18.0 Å². The summed E-state index contributed by atoms with van der Waals surface area (Å²) in [7, 11) is -4.11. The lowest BCUT2D eigenvalue weighted by molar-refractivity contribution is -0.112. The number of amides is 1. The van der Waals surface area contributed by atoms with Crippen LogP contribution in [0.25, 0.3) is 0 Å². The third-order valence-corrected chi connectivity index (χ3v) is 6.06. The van der Waals surface area contributed by atoms with Gasteiger partial charge in [-0.3, -0.25) is 14.2 Å². The van der Waals surface area contributed by atoms with Crippen molar-refractivity contribution in [1.82, 2.24) is 9.55 Å². The molecule has 1 N–H and O–H groups in total. The Hall–Kier alpha value is -3.01. The molecule has 2 aromatic rings. The van der Waals surface area contributed by atoms with Gasteiger partial charge in [0.05, 0.1) is 16.3 Å². The Morgan fingerprint density at radius 3 is 2.56 bits per heavy atom. The molecule has 27 heavy (non-hydrogen) atoms. The topological polar surface area (TPSA) is 114 Å². The van der Waals surface area contributed by atoms with Crippen molar-refractivity contribution in [2.24, 2.45) is 5.10 Å². The predicted molar refractivity (Wildman–Crippen MR) is 101 cm³/mol. The molecule has 0 aliphatic carbocycles. The predicted octanol–water partition coefficient (Wildman–Crippen LogP) is 1.73. The molecule has 0 unspecified atom stereocenters. The summed E-state index contributed by atoms with van der Waals surface area (Å²) in [6, 6.07) is 6.26. The quantitative estimate of drug-likeness (QED) is 0.800. The molecule has 1 aliphatic rings. The minimum atomic E-state index is -4.11. The van der Waals surface area contributed by atoms with Crippen molar-refractivity contribution in [1.29, 1.82) is 0 Å². The van der Waals surface area contributed by atoms with Crippen molar-refractivity contribution >= 4 is 38.3 Å². The van der Waals surface area contributed by atoms with Crippen LogP contribution in [0.1, 0.15) is 30.0 Å². The van der Waals surface area contributed by atoms with Crippen molar-refractivity contribution in [2.45, 2.75) is 32.6 Å². The number of aromatic nitrogens is 2. The number of sulfone groups is 1. The molecule has 0 saturated heterocycles. The van der Waals surface area contributed by atoms with Gasteiger partial charge >= 0.3 is 0 Å². The minimum absolute atomic E-state index is 0.00858. The van der Waals surface area contributed by atoms with E-state index in [0.717, 1.165) is 0 Å². The van der Waals surface area contributed by atoms with E-state index in [-0.39, 0.29) is 23.3 Å². The van der Waals surface area contributed by atoms with Crippen LogP contribution in [0.3, 0.4) is 0 Å². The molecule has 0 bridgehead atoms. The van der Waals surface area contributed by atoms with Crippen LogP contribution < -0.4 is 10.3 Å². The van der Waals surface area contributed by atoms with E-state index in [9.17, 15) is 18.0 Å². The van der Waals surface area contributed by atoms with Gasteiger partial charge in [-0.1, -0.05) is 12.1 Å². The van der Waals surface area contributed by atoms with Crippen LogP contribution >= 0.6 is 0 Å². The fourth-order valence-corrected chi connectivity index (χ4v) is 4.37. The molecule has 0 fully saturated rings. The van der Waals surface area contributed by atoms with E-state index in [1.807, 2.05) is 0 Å². The van der Waals surface area contributed by atoms with Gasteiger partial charge in [0.1, 0.15) is 0 Å². The van der Waals surface area contributed by atoms with Gasteiger partial charge in [0.25, 0.3) is 5.91 Å². The summed E-state index contributed by atoms with van der Waals surface area (Å²) >= 11 is 0. The van der Waals surface area contributed by atoms with Crippen molar-refractivity contribution in [2.75, 3.05) is 16.9 Å². The molecule has 0 radical (unpaired) electrons. The highest BCUT2D eigenvalue weighted by atomic mass is 32.2. The van der Waals surface area contributed by atoms with E-state index >= 15 is 0 Å². The van der Waals surface area contributed by atoms with Crippen LogP contribution in [0.4, 0.5) is 11.6 Å². The molecular formula is C17H19N5O4S. The van der Waals surface area contributed by atoms with Crippen LogP contribution in [-0.2, 0) is 14.6 Å². The number of rotatable bonds is 3. The van der Waals surface area contributed by atoms with Gasteiger partial charge in [0.2, 0.25) is 26.7 Å². The Balaban J connectivity index is 2.11. The summed E-state index contributed by atoms with van der Waals surface area (Å²) in [6.45, 7) is 6.80. The number of hydrogen-bond acceptors (Lipinski definition) is 7. The zero-order valence-electron chi connectivity index (χ0n) is 15.3. The Morgan fingerprint density at radius 2 is 1.93 bits per heavy atom. The van der Waals surface area contributed by atoms with E-state index in [2.05, 4.69) is 15.5 Å². The lowest BCUT2D eigenvalue weighted by atomic mass is 10.2. The van der Waals surface area contributed by atoms with E-state index in [0.29, 0.717) is 17.1 Å². The third-order valence-electron chi connectivity index (χ3n) is 4.36. The summed E-state index contributed by atoms with van der Waals surface area (Å²) < 4.78 is 27.0. The summed E-state index contributed by atoms with van der Waals surface area (Å²) in [6.07, 6.45) is 0. The number of nitrogens with zero attached hydrogens (tertiary/aromatic N) is 4. The molecule has 0 spiro atoms. The number of carbonyl (C=O) groups excluding carboxylic acids is 2. The highest BCUT2D eigenvalue weighted by Crippen LogP contribution is 2.32. The summed E-state index contributed by atoms with van der Waals surface area (Å²) in [5.41, 5.74) is 3.99. The van der Waals surface area contributed by atoms with E-state index < -0.39 is 20.8 Å². The molecule has 1 amide bonds. The van der Waals surface area contributed by atoms with E-state index in [4.69, 9.17) is 0 Å². The monoisotopic (exact) mass is 389 g/mol. The van der Waals surface area contributed by atoms with Crippen molar-refractivity contribution in [3.63, 3.8) is 0 Å². The summed E-state index contributed by atoms with van der Waals surface area (Å²) in [5, 5.41) is 3.19. The first-order chi connectivity index (χ1) is 12.7. The molecule has 9 nitrogen and oxygen atoms in total. The number of benzene rings is 1. The number of fused-ring (bicyclic) bond motifs is 1. The molecule has 3 rings (SSSR count). The zero-order valence-corrected chi connectivity index (χ0v) is 16.2. The lowest BCUT2D eigenvalue weighted by Gasteiger charge is -2.28. The molecule has 1 aromatic heterocycles. The number of anilines is 2. The largest absolute Gasteiger partial charge is 0.305 e. The molecule has 0 saturated carbocycles. The van der Waals surface area contributed by atoms with E-state index in [1.54, 1.807) is 39.0 Å². The van der Waals surface area contributed by atoms with Gasteiger partial charge in [0.15, 0.2) is 0 Å². The highest BCUT2D eigenvalue weighted by Gasteiger charge is 2.41. The lowest BCUT2D eigenvalue weighted by Crippen LogP contribution is -2.45. The normalized spacial score (nSPS) is 17.1. The second-order valence-corrected chi connectivity index (χ2v) is 7.84. The number of aryl methyl sites for hydroxylation is 1. The second-order valence-electron chi connectivity index (χ2n) is 6.01. The number of carbonyl (C=O) groups is 2. The van der Waals surface area contributed by atoms with Gasteiger partial charge in [-0.05, 0) is 32.9 Å². The molecule has 1 aromatic carbocycles. The highest BCUT2D eigenvalue weighted by molar-refractivity contribution is 8.08. The maximum absolute atomic E-state index is 12.9. The average molecular weight is 389 g/mol. The Morgan fingerprint density at radius 1 is 1.26 bits per heavy atom. The van der Waals surface area contributed by atoms with Crippen LogP contribution in [-0.4, -0.2) is 41.4 Å². The average Bonchev–Trinajstić information content (AvgIpc) is 2.89. The van der Waals surface area contributed by atoms with Gasteiger partial charge in [-0.2, -0.15) is 5.10 Å². The second kappa shape index (κ2) is 6.62. The SMILES string of the molecule is CCN1C(=O)C(=NNc2nc(C)c(C)n2C(C)=O)S(=O)(=O)c2ccccc21. The molecule has 0 atom stereocenters. The van der Waals surface area contributed by atoms with Gasteiger partial charge in [0, 0.05) is 19.2 Å². The van der Waals surface area contributed by atoms with Crippen LogP contribution in [0.5, 0.6) is 0 Å². The number of hydrazone groups is 1. The fraction of sp³-hybridized carbons (Fsp3) is 0.294. The molecule has 1 aliphatic heterocycles. The first kappa shape index (κ1) is 18.8. The number of hydrogen-bond donors (Lipinski definition) is 1.